The van der Waals surface area contributed by atoms with Crippen molar-refractivity contribution in [2.45, 2.75) is 22.7 Å². The zero-order valence-electron chi connectivity index (χ0n) is 14.3. The smallest absolute Gasteiger partial charge is 0.261 e. The Bertz CT molecular complexity index is 864. The molecule has 2 unspecified atom stereocenters. The van der Waals surface area contributed by atoms with Crippen LogP contribution in [0.2, 0.25) is 0 Å². The summed E-state index contributed by atoms with van der Waals surface area (Å²) in [4.78, 5) is 2.43. The Morgan fingerprint density at radius 1 is 1.12 bits per heavy atom. The Kier molecular flexibility index (Phi) is 6.12. The Labute approximate surface area is 167 Å². The van der Waals surface area contributed by atoms with Gasteiger partial charge in [-0.1, -0.05) is 24.3 Å². The summed E-state index contributed by atoms with van der Waals surface area (Å²) in [6.07, 6.45) is 0.928. The molecule has 1 aliphatic heterocycles. The van der Waals surface area contributed by atoms with Gasteiger partial charge in [-0.2, -0.15) is 0 Å². The van der Waals surface area contributed by atoms with Gasteiger partial charge in [0.15, 0.2) is 0 Å². The van der Waals surface area contributed by atoms with Crippen LogP contribution in [0.15, 0.2) is 57.9 Å². The Balaban J connectivity index is 1.79. The number of anilines is 2. The highest BCUT2D eigenvalue weighted by Gasteiger charge is 2.26. The van der Waals surface area contributed by atoms with Crippen LogP contribution < -0.4 is 10.0 Å². The number of likely N-dealkylation sites (tertiary alicyclic amines) is 1. The van der Waals surface area contributed by atoms with E-state index in [1.165, 1.54) is 0 Å². The van der Waals surface area contributed by atoms with Crippen LogP contribution in [0, 0.1) is 0 Å². The van der Waals surface area contributed by atoms with E-state index < -0.39 is 10.0 Å². The third-order valence-corrected chi connectivity index (χ3v) is 7.06. The first-order chi connectivity index (χ1) is 12.4. The highest BCUT2D eigenvalue weighted by atomic mass is 79.9. The van der Waals surface area contributed by atoms with Crippen molar-refractivity contribution in [2.75, 3.05) is 30.2 Å². The second-order valence-corrected chi connectivity index (χ2v) is 9.44. The van der Waals surface area contributed by atoms with Gasteiger partial charge in [0, 0.05) is 12.6 Å². The van der Waals surface area contributed by atoms with Crippen LogP contribution in [0.3, 0.4) is 0 Å². The highest BCUT2D eigenvalue weighted by molar-refractivity contribution is 9.10. The van der Waals surface area contributed by atoms with E-state index in [4.69, 9.17) is 11.6 Å². The number of alkyl halides is 1. The normalized spacial score (nSPS) is 21.3. The Morgan fingerprint density at radius 2 is 1.81 bits per heavy atom. The van der Waals surface area contributed by atoms with Crippen LogP contribution in [0.4, 0.5) is 11.4 Å². The maximum atomic E-state index is 12.6. The van der Waals surface area contributed by atoms with Crippen molar-refractivity contribution in [3.63, 3.8) is 0 Å². The molecule has 0 radical (unpaired) electrons. The molecule has 1 fully saturated rings. The molecule has 140 valence electrons. The number of nitrogens with one attached hydrogen (secondary N) is 2. The lowest BCUT2D eigenvalue weighted by Gasteiger charge is -2.34. The van der Waals surface area contributed by atoms with E-state index in [1.54, 1.807) is 36.4 Å². The van der Waals surface area contributed by atoms with Crippen LogP contribution >= 0.6 is 27.5 Å². The first-order valence-corrected chi connectivity index (χ1v) is 11.0. The summed E-state index contributed by atoms with van der Waals surface area (Å²) in [6.45, 7) is 1.79. The van der Waals surface area contributed by atoms with E-state index in [0.717, 1.165) is 25.2 Å². The van der Waals surface area contributed by atoms with Gasteiger partial charge < -0.3 is 10.2 Å². The molecular weight excluding hydrogens is 438 g/mol. The molecule has 8 heteroatoms. The van der Waals surface area contributed by atoms with Crippen molar-refractivity contribution in [2.24, 2.45) is 0 Å². The second kappa shape index (κ2) is 8.17. The topological polar surface area (TPSA) is 61.4 Å². The fourth-order valence-corrected chi connectivity index (χ4v) is 5.07. The number of halogens is 2. The predicted molar refractivity (Wildman–Crippen MR) is 111 cm³/mol. The molecule has 1 heterocycles. The fraction of sp³-hybridized carbons (Fsp3) is 0.333. The lowest BCUT2D eigenvalue weighted by atomic mass is 10.0. The minimum atomic E-state index is -3.64. The SMILES string of the molecule is CN1CCC(Nc2cccc(NS(=O)(=O)c3ccccc3)c2Br)C(Cl)C1. The van der Waals surface area contributed by atoms with Gasteiger partial charge in [0.1, 0.15) is 0 Å². The average molecular weight is 459 g/mol. The quantitative estimate of drug-likeness (QED) is 0.666. The molecule has 2 aromatic rings. The molecule has 2 aromatic carbocycles. The highest BCUT2D eigenvalue weighted by Crippen LogP contribution is 2.33. The molecule has 0 bridgehead atoms. The van der Waals surface area contributed by atoms with E-state index >= 15 is 0 Å². The largest absolute Gasteiger partial charge is 0.380 e. The summed E-state index contributed by atoms with van der Waals surface area (Å²) in [5.41, 5.74) is 1.30. The van der Waals surface area contributed by atoms with E-state index in [-0.39, 0.29) is 16.3 Å². The molecule has 2 N–H and O–H groups in total. The average Bonchev–Trinajstić information content (AvgIpc) is 2.61. The first kappa shape index (κ1) is 19.5. The third-order valence-electron chi connectivity index (χ3n) is 4.38. The van der Waals surface area contributed by atoms with Crippen molar-refractivity contribution in [1.29, 1.82) is 0 Å². The van der Waals surface area contributed by atoms with Crippen LogP contribution in [-0.2, 0) is 10.0 Å². The molecule has 0 saturated carbocycles. The van der Waals surface area contributed by atoms with Crippen LogP contribution in [0.25, 0.3) is 0 Å². The lowest BCUT2D eigenvalue weighted by molar-refractivity contribution is 0.268. The standard InChI is InChI=1S/C18H21BrClN3O2S/c1-23-11-10-15(14(20)12-23)21-16-8-5-9-17(18(16)19)22-26(24,25)13-6-3-2-4-7-13/h2-9,14-15,21-22H,10-12H2,1H3. The van der Waals surface area contributed by atoms with Crippen LogP contribution in [0.5, 0.6) is 0 Å². The van der Waals surface area contributed by atoms with Crippen molar-refractivity contribution in [3.05, 3.63) is 53.0 Å². The predicted octanol–water partition coefficient (Wildman–Crippen LogP) is 3.97. The maximum absolute atomic E-state index is 12.6. The first-order valence-electron chi connectivity index (χ1n) is 8.32. The number of rotatable bonds is 5. The monoisotopic (exact) mass is 457 g/mol. The van der Waals surface area contributed by atoms with E-state index in [2.05, 4.69) is 37.9 Å². The molecule has 0 aromatic heterocycles. The van der Waals surface area contributed by atoms with Crippen molar-refractivity contribution in [3.8, 4) is 0 Å². The van der Waals surface area contributed by atoms with Gasteiger partial charge in [0.25, 0.3) is 10.0 Å². The molecule has 5 nitrogen and oxygen atoms in total. The van der Waals surface area contributed by atoms with Crippen molar-refractivity contribution in [1.82, 2.24) is 4.90 Å². The van der Waals surface area contributed by atoms with Crippen LogP contribution in [-0.4, -0.2) is 44.9 Å². The molecule has 0 aliphatic carbocycles. The summed E-state index contributed by atoms with van der Waals surface area (Å²) in [5, 5.41) is 3.44. The Hall–Kier alpha value is -1.28. The number of sulfonamides is 1. The minimum Gasteiger partial charge on any atom is -0.380 e. The van der Waals surface area contributed by atoms with Crippen molar-refractivity contribution >= 4 is 48.9 Å². The van der Waals surface area contributed by atoms with Crippen molar-refractivity contribution < 1.29 is 8.42 Å². The van der Waals surface area contributed by atoms with Gasteiger partial charge in [-0.05, 0) is 60.2 Å². The summed E-state index contributed by atoms with van der Waals surface area (Å²) in [6, 6.07) is 13.9. The number of piperidine rings is 1. The van der Waals surface area contributed by atoms with Gasteiger partial charge >= 0.3 is 0 Å². The zero-order valence-corrected chi connectivity index (χ0v) is 17.5. The molecule has 0 amide bonds. The number of nitrogens with zero attached hydrogens (tertiary/aromatic N) is 1. The van der Waals surface area contributed by atoms with Gasteiger partial charge in [-0.25, -0.2) is 8.42 Å². The molecular formula is C18H21BrClN3O2S. The molecule has 26 heavy (non-hydrogen) atoms. The van der Waals surface area contributed by atoms with Gasteiger partial charge in [-0.3, -0.25) is 4.72 Å². The number of hydrogen-bond acceptors (Lipinski definition) is 4. The van der Waals surface area contributed by atoms with E-state index in [0.29, 0.717) is 10.2 Å². The summed E-state index contributed by atoms with van der Waals surface area (Å²) in [7, 11) is -1.59. The fourth-order valence-electron chi connectivity index (χ4n) is 2.94. The summed E-state index contributed by atoms with van der Waals surface area (Å²) >= 11 is 10.00. The van der Waals surface area contributed by atoms with Crippen LogP contribution in [0.1, 0.15) is 6.42 Å². The van der Waals surface area contributed by atoms with Gasteiger partial charge in [0.05, 0.1) is 26.1 Å². The lowest BCUT2D eigenvalue weighted by Crippen LogP contribution is -2.45. The van der Waals surface area contributed by atoms with E-state index in [1.807, 2.05) is 12.1 Å². The summed E-state index contributed by atoms with van der Waals surface area (Å²) < 4.78 is 28.4. The Morgan fingerprint density at radius 3 is 2.50 bits per heavy atom. The molecule has 1 aliphatic rings. The second-order valence-electron chi connectivity index (χ2n) is 6.40. The number of hydrogen-bond donors (Lipinski definition) is 2. The molecule has 3 rings (SSSR count). The van der Waals surface area contributed by atoms with Gasteiger partial charge in [-0.15, -0.1) is 11.6 Å². The minimum absolute atomic E-state index is 0.00897. The third kappa shape index (κ3) is 4.52. The zero-order chi connectivity index (χ0) is 18.7. The number of benzene rings is 2. The molecule has 0 spiro atoms. The molecule has 2 atom stereocenters. The molecule has 1 saturated heterocycles. The van der Waals surface area contributed by atoms with E-state index in [9.17, 15) is 8.42 Å². The van der Waals surface area contributed by atoms with Gasteiger partial charge in [0.2, 0.25) is 0 Å². The summed E-state index contributed by atoms with van der Waals surface area (Å²) in [5.74, 6) is 0. The maximum Gasteiger partial charge on any atom is 0.261 e.